The van der Waals surface area contributed by atoms with Crippen LogP contribution in [0, 0.1) is 0 Å². The molecule has 0 bridgehead atoms. The third-order valence-electron chi connectivity index (χ3n) is 10.00. The largest absolute Gasteiger partial charge is 0.481 e. The molecule has 19 heteroatoms. The molecule has 55 heavy (non-hydrogen) atoms. The highest BCUT2D eigenvalue weighted by Crippen LogP contribution is 2.51. The summed E-state index contributed by atoms with van der Waals surface area (Å²) in [7, 11) is -10.3. The molecule has 4 N–H and O–H groups in total. The fraction of sp³-hybridized carbons (Fsp3) is 0.500. The number of hydrogen-bond acceptors (Lipinski definition) is 11. The third kappa shape index (κ3) is 11.0. The second kappa shape index (κ2) is 18.2. The Labute approximate surface area is 333 Å². The Morgan fingerprint density at radius 1 is 0.782 bits per heavy atom. The van der Waals surface area contributed by atoms with Crippen LogP contribution in [0.3, 0.4) is 0 Å². The normalized spacial score (nSPS) is 21.1. The second-order valence-corrected chi connectivity index (χ2v) is 21.1. The molecule has 0 radical (unpaired) electrons. The van der Waals surface area contributed by atoms with E-state index in [4.69, 9.17) is 14.6 Å². The predicted molar refractivity (Wildman–Crippen MR) is 218 cm³/mol. The van der Waals surface area contributed by atoms with E-state index in [1.54, 1.807) is 26.4 Å². The van der Waals surface area contributed by atoms with Gasteiger partial charge in [-0.05, 0) is 92.6 Å². The number of benzene rings is 2. The molecule has 2 heterocycles. The first-order chi connectivity index (χ1) is 25.7. The van der Waals surface area contributed by atoms with E-state index in [-0.39, 0.29) is 29.1 Å². The highest BCUT2D eigenvalue weighted by atomic mass is 127. The van der Waals surface area contributed by atoms with Crippen molar-refractivity contribution in [2.75, 3.05) is 54.3 Å². The minimum Gasteiger partial charge on any atom is -0.481 e. The van der Waals surface area contributed by atoms with E-state index in [0.29, 0.717) is 63.1 Å². The molecule has 0 spiro atoms. The fourth-order valence-corrected chi connectivity index (χ4v) is 11.8. The number of methoxy groups -OCH3 is 2. The molecule has 0 saturated carbocycles. The summed E-state index contributed by atoms with van der Waals surface area (Å²) < 4.78 is 116. The van der Waals surface area contributed by atoms with E-state index >= 15 is 0 Å². The van der Waals surface area contributed by atoms with Gasteiger partial charge in [0, 0.05) is 86.2 Å². The Balaban J connectivity index is 1.88. The minimum atomic E-state index is -4.60. The summed E-state index contributed by atoms with van der Waals surface area (Å²) in [6, 6.07) is 8.81. The molecule has 2 unspecified atom stereocenters. The van der Waals surface area contributed by atoms with Gasteiger partial charge >= 0.3 is 5.97 Å². The molecule has 15 nitrogen and oxygen atoms in total. The average Bonchev–Trinajstić information content (AvgIpc) is 3.32. The standard InChI is InChI=1S/C36H49IN2O13S3/c1-35(17-9-23-53(42,43)44)29-25-27(55(48,49)50)14-16-31(29)39(20-22-52-4)37-32(35)10-8-11-33-36(2,18-21-51-3)28-24-26(54(45,46)47)13-15-30(28)38(33)19-7-5-6-12-34(40)41/h8,10-11,13-16,24-25H,5-7,9,12,17-23H2,1-4H3,(H,40,41)(H,42,43,44)(H,45,46,47)(H,48,49,50)/b10-8+,33-11+. The number of carboxylic acid groups (broad SMARTS) is 1. The lowest BCUT2D eigenvalue weighted by atomic mass is 9.75. The topological polar surface area (TPSA) is 225 Å². The molecule has 2 aliphatic rings. The lowest BCUT2D eigenvalue weighted by Gasteiger charge is -2.40. The van der Waals surface area contributed by atoms with E-state index < -0.39 is 73.9 Å². The van der Waals surface area contributed by atoms with Crippen LogP contribution >= 0.6 is 21.0 Å². The molecule has 0 amide bonds. The van der Waals surface area contributed by atoms with Crippen molar-refractivity contribution in [2.45, 2.75) is 79.4 Å². The van der Waals surface area contributed by atoms with Gasteiger partial charge in [0.2, 0.25) is 0 Å². The van der Waals surface area contributed by atoms with E-state index in [2.05, 4.69) is 8.01 Å². The van der Waals surface area contributed by atoms with Crippen molar-refractivity contribution >= 4 is 72.2 Å². The van der Waals surface area contributed by atoms with Crippen molar-refractivity contribution in [1.29, 1.82) is 0 Å². The number of aliphatic carboxylic acids is 1. The Kier molecular flexibility index (Phi) is 14.9. The SMILES string of the molecule is COCCN1I=C(/C=C/C=C2/N(CCCCCC(=O)O)c3ccc(S(=O)(=O)O)cc3C2(C)CCOC)C(C)(CCCS(=O)(=O)O)c2cc(S(=O)(=O)O)ccc21. The summed E-state index contributed by atoms with van der Waals surface area (Å²) in [5, 5.41) is 9.13. The summed E-state index contributed by atoms with van der Waals surface area (Å²) in [5.74, 6) is -1.39. The zero-order valence-electron chi connectivity index (χ0n) is 31.1. The maximum atomic E-state index is 12.3. The van der Waals surface area contributed by atoms with Crippen molar-refractivity contribution in [3.63, 3.8) is 0 Å². The van der Waals surface area contributed by atoms with Crippen molar-refractivity contribution < 1.29 is 58.3 Å². The van der Waals surface area contributed by atoms with Crippen molar-refractivity contribution in [3.8, 4) is 0 Å². The summed E-state index contributed by atoms with van der Waals surface area (Å²) in [6.45, 7) is 5.48. The maximum absolute atomic E-state index is 12.3. The number of carboxylic acids is 1. The van der Waals surface area contributed by atoms with Crippen LogP contribution in [-0.2, 0) is 55.5 Å². The van der Waals surface area contributed by atoms with Gasteiger partial charge in [-0.15, -0.1) is 0 Å². The van der Waals surface area contributed by atoms with Gasteiger partial charge in [0.05, 0.1) is 28.7 Å². The zero-order chi connectivity index (χ0) is 40.8. The van der Waals surface area contributed by atoms with Crippen LogP contribution in [-0.4, -0.2) is 99.8 Å². The Morgan fingerprint density at radius 2 is 1.38 bits per heavy atom. The summed E-state index contributed by atoms with van der Waals surface area (Å²) in [4.78, 5) is 12.6. The molecule has 0 fully saturated rings. The number of ether oxygens (including phenoxy) is 2. The number of nitrogens with zero attached hydrogens (tertiary/aromatic N) is 2. The zero-order valence-corrected chi connectivity index (χ0v) is 35.7. The molecule has 306 valence electrons. The highest BCUT2D eigenvalue weighted by Gasteiger charge is 2.44. The van der Waals surface area contributed by atoms with Gasteiger partial charge in [-0.3, -0.25) is 18.5 Å². The number of fused-ring (bicyclic) bond motifs is 2. The molecule has 2 aromatic carbocycles. The Bertz CT molecular complexity index is 2170. The van der Waals surface area contributed by atoms with Crippen LogP contribution in [0.5, 0.6) is 0 Å². The van der Waals surface area contributed by atoms with Crippen LogP contribution in [0.4, 0.5) is 11.4 Å². The van der Waals surface area contributed by atoms with Gasteiger partial charge in [-0.2, -0.15) is 25.3 Å². The quantitative estimate of drug-likeness (QED) is 0.0554. The van der Waals surface area contributed by atoms with Crippen molar-refractivity contribution in [2.24, 2.45) is 0 Å². The van der Waals surface area contributed by atoms with Gasteiger partial charge in [0.25, 0.3) is 30.4 Å². The molecule has 4 rings (SSSR count). The van der Waals surface area contributed by atoms with Gasteiger partial charge in [0.1, 0.15) is 0 Å². The number of allylic oxidation sites excluding steroid dienone is 4. The van der Waals surface area contributed by atoms with Crippen molar-refractivity contribution in [1.82, 2.24) is 0 Å². The summed E-state index contributed by atoms with van der Waals surface area (Å²) in [5.41, 5.74) is 1.76. The van der Waals surface area contributed by atoms with E-state index in [1.165, 1.54) is 24.3 Å². The average molecular weight is 941 g/mol. The second-order valence-electron chi connectivity index (χ2n) is 13.9. The van der Waals surface area contributed by atoms with E-state index in [9.17, 15) is 43.7 Å². The molecular formula is C36H49IN2O13S3. The molecule has 0 saturated heterocycles. The van der Waals surface area contributed by atoms with Crippen LogP contribution < -0.4 is 8.01 Å². The summed E-state index contributed by atoms with van der Waals surface area (Å²) in [6.07, 6.45) is 8.19. The Morgan fingerprint density at radius 3 is 1.95 bits per heavy atom. The van der Waals surface area contributed by atoms with Gasteiger partial charge < -0.3 is 22.6 Å². The maximum Gasteiger partial charge on any atom is 0.303 e. The Hall–Kier alpha value is -2.76. The van der Waals surface area contributed by atoms with Gasteiger partial charge in [0.15, 0.2) is 0 Å². The number of carbonyl (C=O) groups is 1. The minimum absolute atomic E-state index is 0.0340. The smallest absolute Gasteiger partial charge is 0.303 e. The molecule has 2 aliphatic heterocycles. The van der Waals surface area contributed by atoms with Crippen LogP contribution in [0.25, 0.3) is 0 Å². The first-order valence-corrected chi connectivity index (χ1v) is 24.0. The molecule has 0 aliphatic carbocycles. The first-order valence-electron chi connectivity index (χ1n) is 17.5. The number of rotatable bonds is 20. The van der Waals surface area contributed by atoms with Crippen LogP contribution in [0.2, 0.25) is 0 Å². The first kappa shape index (κ1) is 44.9. The highest BCUT2D eigenvalue weighted by molar-refractivity contribution is 14.2. The number of anilines is 2. The molecule has 2 aromatic rings. The number of unbranched alkanes of at least 4 members (excludes halogenated alkanes) is 2. The fourth-order valence-electron chi connectivity index (χ4n) is 7.06. The monoisotopic (exact) mass is 940 g/mol. The molecule has 0 aromatic heterocycles. The molecule has 2 atom stereocenters. The lowest BCUT2D eigenvalue weighted by molar-refractivity contribution is -0.137. The van der Waals surface area contributed by atoms with E-state index in [1.807, 2.05) is 32.1 Å². The van der Waals surface area contributed by atoms with E-state index in [0.717, 1.165) is 20.6 Å². The van der Waals surface area contributed by atoms with Gasteiger partial charge in [-0.1, -0.05) is 25.5 Å². The number of hydrogen-bond donors (Lipinski definition) is 4. The third-order valence-corrected chi connectivity index (χ3v) is 16.2. The lowest BCUT2D eigenvalue weighted by Crippen LogP contribution is -2.38. The predicted octanol–water partition coefficient (Wildman–Crippen LogP) is 5.53. The summed E-state index contributed by atoms with van der Waals surface area (Å²) >= 11 is -0.995. The van der Waals surface area contributed by atoms with Crippen molar-refractivity contribution in [3.05, 3.63) is 71.5 Å². The number of halogens is 1. The van der Waals surface area contributed by atoms with Gasteiger partial charge in [-0.25, -0.2) is 0 Å². The van der Waals surface area contributed by atoms with Crippen LogP contribution in [0.15, 0.2) is 70.1 Å². The molecular weight excluding hydrogens is 892 g/mol. The van der Waals surface area contributed by atoms with Crippen LogP contribution in [0.1, 0.15) is 69.9 Å².